The average molecular weight is 446 g/mol. The minimum Gasteiger partial charge on any atom is -0.465 e. The van der Waals surface area contributed by atoms with Crippen molar-refractivity contribution in [1.82, 2.24) is 4.98 Å². The van der Waals surface area contributed by atoms with Gasteiger partial charge in [-0.15, -0.1) is 0 Å². The predicted octanol–water partition coefficient (Wildman–Crippen LogP) is 5.78. The summed E-state index contributed by atoms with van der Waals surface area (Å²) in [4.78, 5) is 16.6. The Balaban J connectivity index is 1.76. The van der Waals surface area contributed by atoms with Crippen LogP contribution in [0.15, 0.2) is 79.0 Å². The number of aromatic nitrogens is 1. The number of nitrogens with zero attached hydrogens (tertiary/aromatic N) is 2. The van der Waals surface area contributed by atoms with Crippen molar-refractivity contribution >= 4 is 11.7 Å². The van der Waals surface area contributed by atoms with Gasteiger partial charge in [-0.1, -0.05) is 48.5 Å². The fourth-order valence-electron chi connectivity index (χ4n) is 5.06. The average Bonchev–Trinajstić information content (AvgIpc) is 3.17. The van der Waals surface area contributed by atoms with Gasteiger partial charge in [-0.05, 0) is 64.6 Å². The van der Waals surface area contributed by atoms with Crippen LogP contribution in [0.5, 0.6) is 0 Å². The topological polar surface area (TPSA) is 75.0 Å². The van der Waals surface area contributed by atoms with E-state index in [1.807, 2.05) is 24.3 Å². The summed E-state index contributed by atoms with van der Waals surface area (Å²) in [6, 6.07) is 26.4. The molecular weight excluding hydrogens is 422 g/mol. The van der Waals surface area contributed by atoms with Gasteiger partial charge in [0.15, 0.2) is 0 Å². The Kier molecular flexibility index (Phi) is 5.14. The van der Waals surface area contributed by atoms with E-state index in [2.05, 4.69) is 65.8 Å². The first-order valence-corrected chi connectivity index (χ1v) is 11.0. The first kappa shape index (κ1) is 21.4. The third-order valence-corrected chi connectivity index (χ3v) is 6.80. The molecule has 1 N–H and O–H groups in total. The zero-order chi connectivity index (χ0) is 23.9. The van der Waals surface area contributed by atoms with Crippen LogP contribution in [0.25, 0.3) is 22.3 Å². The first-order chi connectivity index (χ1) is 16.5. The number of nitriles is 1. The summed E-state index contributed by atoms with van der Waals surface area (Å²) in [6.45, 7) is 2.23. The number of hydrogen-bond acceptors (Lipinski definition) is 5. The zero-order valence-electron chi connectivity index (χ0n) is 19.2. The Hall–Kier alpha value is -4.43. The summed E-state index contributed by atoms with van der Waals surface area (Å²) in [5.74, 6) is -0.371. The summed E-state index contributed by atoms with van der Waals surface area (Å²) < 4.78 is 4.96. The van der Waals surface area contributed by atoms with Crippen LogP contribution in [0.3, 0.4) is 0 Å². The van der Waals surface area contributed by atoms with Crippen molar-refractivity contribution in [3.63, 3.8) is 0 Å². The van der Waals surface area contributed by atoms with Gasteiger partial charge >= 0.3 is 5.97 Å². The number of carbonyl (C=O) groups is 1. The van der Waals surface area contributed by atoms with Crippen LogP contribution in [0.2, 0.25) is 0 Å². The van der Waals surface area contributed by atoms with Crippen molar-refractivity contribution in [2.75, 3.05) is 19.5 Å². The van der Waals surface area contributed by atoms with Crippen LogP contribution >= 0.6 is 0 Å². The summed E-state index contributed by atoms with van der Waals surface area (Å²) >= 11 is 0. The quantitative estimate of drug-likeness (QED) is 0.403. The van der Waals surface area contributed by atoms with Crippen LogP contribution in [-0.4, -0.2) is 25.1 Å². The highest BCUT2D eigenvalue weighted by atomic mass is 16.5. The van der Waals surface area contributed by atoms with E-state index in [4.69, 9.17) is 10.00 Å². The molecule has 5 nitrogen and oxygen atoms in total. The molecule has 5 heteroatoms. The van der Waals surface area contributed by atoms with Gasteiger partial charge in [-0.3, -0.25) is 0 Å². The number of benzene rings is 3. The van der Waals surface area contributed by atoms with E-state index < -0.39 is 5.41 Å². The van der Waals surface area contributed by atoms with Crippen LogP contribution in [0.4, 0.5) is 5.69 Å². The lowest BCUT2D eigenvalue weighted by molar-refractivity contribution is 0.0602. The lowest BCUT2D eigenvalue weighted by Crippen LogP contribution is -2.23. The molecule has 0 amide bonds. The largest absolute Gasteiger partial charge is 0.465 e. The molecular formula is C29H23N3O2. The zero-order valence-corrected chi connectivity index (χ0v) is 19.2. The van der Waals surface area contributed by atoms with E-state index in [-0.39, 0.29) is 5.97 Å². The Morgan fingerprint density at radius 1 is 1.00 bits per heavy atom. The molecule has 0 bridgehead atoms. The van der Waals surface area contributed by atoms with Crippen molar-refractivity contribution in [1.29, 1.82) is 5.26 Å². The van der Waals surface area contributed by atoms with Gasteiger partial charge in [0.2, 0.25) is 0 Å². The first-order valence-electron chi connectivity index (χ1n) is 11.0. The third kappa shape index (κ3) is 3.07. The molecule has 1 heterocycles. The molecule has 1 aliphatic carbocycles. The van der Waals surface area contributed by atoms with Gasteiger partial charge in [-0.25, -0.2) is 9.78 Å². The standard InChI is InChI=1S/C29H23N3O2/c1-29(19-12-14-23(28(33)34-3)26(15-19)31-2)24-9-5-4-7-22(24)27-21(8-6-10-25(27)29)18-11-13-20(16-30)32-17-18/h4-15,17,31H,1-3H3/t29-/m1/s1. The number of anilines is 1. The number of pyridine rings is 1. The number of nitrogens with one attached hydrogen (secondary N) is 1. The Labute approximate surface area is 198 Å². The van der Waals surface area contributed by atoms with Gasteiger partial charge in [0.05, 0.1) is 12.7 Å². The number of methoxy groups -OCH3 is 1. The van der Waals surface area contributed by atoms with Crippen molar-refractivity contribution in [3.05, 3.63) is 107 Å². The van der Waals surface area contributed by atoms with E-state index in [0.717, 1.165) is 27.9 Å². The minimum atomic E-state index is -0.428. The molecule has 166 valence electrons. The number of ether oxygens (including phenoxy) is 1. The van der Waals surface area contributed by atoms with Crippen LogP contribution in [0.1, 0.15) is 39.7 Å². The highest BCUT2D eigenvalue weighted by Crippen LogP contribution is 2.55. The SMILES string of the molecule is CNc1cc([C@]2(C)c3ccccc3-c3c(-c4ccc(C#N)nc4)cccc32)ccc1C(=O)OC. The number of esters is 1. The van der Waals surface area contributed by atoms with Crippen molar-refractivity contribution in [3.8, 4) is 28.3 Å². The van der Waals surface area contributed by atoms with E-state index in [0.29, 0.717) is 11.3 Å². The summed E-state index contributed by atoms with van der Waals surface area (Å²) in [5, 5.41) is 12.3. The molecule has 1 aliphatic rings. The van der Waals surface area contributed by atoms with Crippen LogP contribution in [-0.2, 0) is 10.2 Å². The van der Waals surface area contributed by atoms with E-state index in [1.165, 1.54) is 23.8 Å². The monoisotopic (exact) mass is 445 g/mol. The predicted molar refractivity (Wildman–Crippen MR) is 133 cm³/mol. The van der Waals surface area contributed by atoms with Gasteiger partial charge in [0.1, 0.15) is 11.8 Å². The van der Waals surface area contributed by atoms with Gasteiger partial charge in [-0.2, -0.15) is 5.26 Å². The normalized spacial score (nSPS) is 15.7. The molecule has 1 aromatic heterocycles. The number of carbonyl (C=O) groups excluding carboxylic acids is 1. The second-order valence-corrected chi connectivity index (χ2v) is 8.44. The molecule has 0 radical (unpaired) electrons. The van der Waals surface area contributed by atoms with E-state index in [9.17, 15) is 4.79 Å². The molecule has 1 atom stereocenters. The fraction of sp³-hybridized carbons (Fsp3) is 0.138. The number of hydrogen-bond donors (Lipinski definition) is 1. The molecule has 5 rings (SSSR count). The Bertz CT molecular complexity index is 1470. The molecule has 0 fully saturated rings. The molecule has 4 aromatic rings. The van der Waals surface area contributed by atoms with Crippen molar-refractivity contribution in [2.24, 2.45) is 0 Å². The second-order valence-electron chi connectivity index (χ2n) is 8.44. The third-order valence-electron chi connectivity index (χ3n) is 6.80. The van der Waals surface area contributed by atoms with Gasteiger partial charge in [0.25, 0.3) is 0 Å². The fourth-order valence-corrected chi connectivity index (χ4v) is 5.06. The number of rotatable bonds is 4. The Morgan fingerprint density at radius 3 is 2.47 bits per heavy atom. The van der Waals surface area contributed by atoms with Crippen molar-refractivity contribution < 1.29 is 9.53 Å². The summed E-state index contributed by atoms with van der Waals surface area (Å²) in [5.41, 5.74) is 9.02. The molecule has 0 aliphatic heterocycles. The maximum absolute atomic E-state index is 12.3. The molecule has 3 aromatic carbocycles. The van der Waals surface area contributed by atoms with E-state index in [1.54, 1.807) is 19.3 Å². The van der Waals surface area contributed by atoms with Gasteiger partial charge < -0.3 is 10.1 Å². The highest BCUT2D eigenvalue weighted by molar-refractivity contribution is 5.97. The smallest absolute Gasteiger partial charge is 0.339 e. The van der Waals surface area contributed by atoms with Crippen molar-refractivity contribution in [2.45, 2.75) is 12.3 Å². The van der Waals surface area contributed by atoms with Crippen LogP contribution < -0.4 is 5.32 Å². The van der Waals surface area contributed by atoms with Gasteiger partial charge in [0, 0.05) is 29.9 Å². The van der Waals surface area contributed by atoms with E-state index >= 15 is 0 Å². The minimum absolute atomic E-state index is 0.371. The Morgan fingerprint density at radius 2 is 1.76 bits per heavy atom. The summed E-state index contributed by atoms with van der Waals surface area (Å²) in [6.07, 6.45) is 1.76. The lowest BCUT2D eigenvalue weighted by Gasteiger charge is -2.29. The molecule has 34 heavy (non-hydrogen) atoms. The second kappa shape index (κ2) is 8.17. The molecule has 0 unspecified atom stereocenters. The molecule has 0 saturated heterocycles. The molecule has 0 spiro atoms. The molecule has 0 saturated carbocycles. The number of fused-ring (bicyclic) bond motifs is 3. The maximum atomic E-state index is 12.3. The highest BCUT2D eigenvalue weighted by Gasteiger charge is 2.42. The lowest BCUT2D eigenvalue weighted by atomic mass is 9.73. The summed E-state index contributed by atoms with van der Waals surface area (Å²) in [7, 11) is 3.19. The maximum Gasteiger partial charge on any atom is 0.339 e. The van der Waals surface area contributed by atoms with Crippen LogP contribution in [0, 0.1) is 11.3 Å².